The van der Waals surface area contributed by atoms with Crippen molar-refractivity contribution < 1.29 is 13.2 Å². The van der Waals surface area contributed by atoms with E-state index < -0.39 is 9.84 Å². The molecule has 0 radical (unpaired) electrons. The maximum absolute atomic E-state index is 12.0. The van der Waals surface area contributed by atoms with Crippen LogP contribution in [0.15, 0.2) is 23.5 Å². The molecule has 0 aliphatic rings. The Morgan fingerprint density at radius 2 is 2.11 bits per heavy atom. The van der Waals surface area contributed by atoms with E-state index in [1.165, 1.54) is 13.3 Å². The fourth-order valence-corrected chi connectivity index (χ4v) is 2.55. The van der Waals surface area contributed by atoms with Crippen molar-refractivity contribution in [2.24, 2.45) is 0 Å². The molecule has 1 N–H and O–H groups in total. The van der Waals surface area contributed by atoms with Gasteiger partial charge in [0.15, 0.2) is 0 Å². The number of H-pyrrole nitrogens is 1. The van der Waals surface area contributed by atoms with Crippen LogP contribution in [0.4, 0.5) is 0 Å². The molecule has 0 atom stereocenters. The molecule has 0 aliphatic carbocycles. The molecule has 7 nitrogen and oxygen atoms in total. The molecule has 0 fully saturated rings. The molecule has 18 heavy (non-hydrogen) atoms. The summed E-state index contributed by atoms with van der Waals surface area (Å²) in [5.41, 5.74) is 1.03. The summed E-state index contributed by atoms with van der Waals surface area (Å²) < 4.78 is 28.8. The largest absolute Gasteiger partial charge is 0.480 e. The molecule has 0 saturated carbocycles. The lowest BCUT2D eigenvalue weighted by Crippen LogP contribution is -2.09. The first-order valence-corrected chi connectivity index (χ1v) is 6.77. The van der Waals surface area contributed by atoms with Crippen molar-refractivity contribution in [1.82, 2.24) is 20.2 Å². The van der Waals surface area contributed by atoms with Crippen molar-refractivity contribution in [2.45, 2.75) is 17.8 Å². The molecule has 0 aromatic carbocycles. The van der Waals surface area contributed by atoms with E-state index in [-0.39, 0.29) is 10.9 Å². The minimum Gasteiger partial charge on any atom is -0.480 e. The number of aromatic nitrogens is 4. The van der Waals surface area contributed by atoms with E-state index in [4.69, 9.17) is 4.74 Å². The maximum atomic E-state index is 12.0. The number of nitrogens with zero attached hydrogens (tertiary/aromatic N) is 3. The molecule has 0 amide bonds. The van der Waals surface area contributed by atoms with Crippen LogP contribution in [0.1, 0.15) is 11.4 Å². The van der Waals surface area contributed by atoms with Crippen LogP contribution >= 0.6 is 0 Å². The van der Waals surface area contributed by atoms with Gasteiger partial charge in [-0.05, 0) is 13.0 Å². The number of sulfone groups is 1. The highest BCUT2D eigenvalue weighted by atomic mass is 32.2. The second kappa shape index (κ2) is 4.73. The summed E-state index contributed by atoms with van der Waals surface area (Å²) in [6.07, 6.45) is 1.46. The number of hydrogen-bond acceptors (Lipinski definition) is 6. The molecule has 0 bridgehead atoms. The Morgan fingerprint density at radius 3 is 2.61 bits per heavy atom. The number of ether oxygens (including phenoxy) is 1. The molecule has 8 heteroatoms. The van der Waals surface area contributed by atoms with Crippen molar-refractivity contribution in [1.29, 1.82) is 0 Å². The Bertz CT molecular complexity index is 633. The van der Waals surface area contributed by atoms with Crippen molar-refractivity contribution >= 4 is 9.84 Å². The van der Waals surface area contributed by atoms with Crippen molar-refractivity contribution in [3.8, 4) is 5.88 Å². The first kappa shape index (κ1) is 12.5. The first-order chi connectivity index (χ1) is 8.51. The Morgan fingerprint density at radius 1 is 1.33 bits per heavy atom. The fourth-order valence-electron chi connectivity index (χ4n) is 1.34. The monoisotopic (exact) mass is 268 g/mol. The van der Waals surface area contributed by atoms with E-state index in [2.05, 4.69) is 20.2 Å². The lowest BCUT2D eigenvalue weighted by atomic mass is 10.4. The minimum atomic E-state index is -3.52. The smallest absolute Gasteiger partial charge is 0.233 e. The van der Waals surface area contributed by atoms with Crippen LogP contribution in [0, 0.1) is 6.92 Å². The first-order valence-electron chi connectivity index (χ1n) is 5.12. The Balaban J connectivity index is 2.22. The van der Waals surface area contributed by atoms with Gasteiger partial charge >= 0.3 is 0 Å². The number of nitrogens with one attached hydrogen (secondary N) is 1. The second-order valence-corrected chi connectivity index (χ2v) is 5.60. The average Bonchev–Trinajstić information content (AvgIpc) is 2.77. The van der Waals surface area contributed by atoms with Crippen LogP contribution < -0.4 is 4.74 Å². The number of rotatable bonds is 4. The molecule has 2 aromatic heterocycles. The number of hydrogen-bond donors (Lipinski definition) is 1. The zero-order valence-corrected chi connectivity index (χ0v) is 10.7. The third-order valence-corrected chi connectivity index (χ3v) is 3.69. The Hall–Kier alpha value is -1.96. The van der Waals surface area contributed by atoms with Crippen molar-refractivity contribution in [2.75, 3.05) is 7.11 Å². The van der Waals surface area contributed by atoms with Gasteiger partial charge in [-0.15, -0.1) is 5.10 Å². The van der Waals surface area contributed by atoms with Crippen LogP contribution in [0.25, 0.3) is 0 Å². The highest BCUT2D eigenvalue weighted by Crippen LogP contribution is 2.12. The summed E-state index contributed by atoms with van der Waals surface area (Å²) in [5, 5.41) is 7.43. The Kier molecular flexibility index (Phi) is 3.28. The zero-order chi connectivity index (χ0) is 13.2. The SMILES string of the molecule is COc1ccc(CS(=O)(=O)c2ncc(C)[nH]2)nn1. The second-order valence-electron chi connectivity index (χ2n) is 3.70. The van der Waals surface area contributed by atoms with Gasteiger partial charge < -0.3 is 9.72 Å². The quantitative estimate of drug-likeness (QED) is 0.866. The van der Waals surface area contributed by atoms with Crippen molar-refractivity contribution in [3.05, 3.63) is 29.7 Å². The predicted molar refractivity (Wildman–Crippen MR) is 62.8 cm³/mol. The minimum absolute atomic E-state index is 0.0578. The predicted octanol–water partition coefficient (Wildman–Crippen LogP) is 0.491. The lowest BCUT2D eigenvalue weighted by Gasteiger charge is -2.01. The highest BCUT2D eigenvalue weighted by molar-refractivity contribution is 7.90. The van der Waals surface area contributed by atoms with Crippen LogP contribution in [0.2, 0.25) is 0 Å². The zero-order valence-electron chi connectivity index (χ0n) is 9.91. The average molecular weight is 268 g/mol. The summed E-state index contributed by atoms with van der Waals surface area (Å²) in [4.78, 5) is 6.49. The number of aryl methyl sites for hydroxylation is 1. The summed E-state index contributed by atoms with van der Waals surface area (Å²) in [6, 6.07) is 3.12. The summed E-state index contributed by atoms with van der Waals surface area (Å²) in [7, 11) is -2.06. The lowest BCUT2D eigenvalue weighted by molar-refractivity contribution is 0.391. The molecule has 2 rings (SSSR count). The van der Waals surface area contributed by atoms with Gasteiger partial charge in [-0.2, -0.15) is 5.10 Å². The van der Waals surface area contributed by atoms with Gasteiger partial charge in [0.1, 0.15) is 5.75 Å². The normalized spacial score (nSPS) is 11.4. The molecule has 0 aliphatic heterocycles. The molecule has 2 heterocycles. The molecular formula is C10H12N4O3S. The Labute approximate surface area is 104 Å². The van der Waals surface area contributed by atoms with Gasteiger partial charge in [0.25, 0.3) is 0 Å². The molecule has 0 saturated heterocycles. The van der Waals surface area contributed by atoms with E-state index in [9.17, 15) is 8.42 Å². The van der Waals surface area contributed by atoms with Gasteiger partial charge in [0.2, 0.25) is 20.9 Å². The summed E-state index contributed by atoms with van der Waals surface area (Å²) >= 11 is 0. The van der Waals surface area contributed by atoms with Gasteiger partial charge in [0, 0.05) is 18.0 Å². The fraction of sp³-hybridized carbons (Fsp3) is 0.300. The molecular weight excluding hydrogens is 256 g/mol. The summed E-state index contributed by atoms with van der Waals surface area (Å²) in [5.74, 6) is 0.0849. The van der Waals surface area contributed by atoms with Gasteiger partial charge in [-0.3, -0.25) is 0 Å². The molecule has 2 aromatic rings. The standard InChI is InChI=1S/C10H12N4O3S/c1-7-5-11-10(12-7)18(15,16)6-8-3-4-9(17-2)14-13-8/h3-5H,6H2,1-2H3,(H,11,12). The van der Waals surface area contributed by atoms with Crippen LogP contribution in [0.3, 0.4) is 0 Å². The number of aromatic amines is 1. The third-order valence-electron chi connectivity index (χ3n) is 2.22. The van der Waals surface area contributed by atoms with Crippen LogP contribution in [-0.2, 0) is 15.6 Å². The van der Waals surface area contributed by atoms with E-state index in [1.54, 1.807) is 19.1 Å². The summed E-state index contributed by atoms with van der Waals surface area (Å²) in [6.45, 7) is 1.74. The van der Waals surface area contributed by atoms with Gasteiger partial charge in [-0.1, -0.05) is 0 Å². The topological polar surface area (TPSA) is 97.8 Å². The van der Waals surface area contributed by atoms with E-state index >= 15 is 0 Å². The third kappa shape index (κ3) is 2.65. The van der Waals surface area contributed by atoms with Crippen LogP contribution in [-0.4, -0.2) is 35.7 Å². The highest BCUT2D eigenvalue weighted by Gasteiger charge is 2.19. The van der Waals surface area contributed by atoms with Gasteiger partial charge in [-0.25, -0.2) is 13.4 Å². The van der Waals surface area contributed by atoms with Crippen molar-refractivity contribution in [3.63, 3.8) is 0 Å². The maximum Gasteiger partial charge on any atom is 0.233 e. The van der Waals surface area contributed by atoms with Gasteiger partial charge in [0.05, 0.1) is 12.8 Å². The molecule has 96 valence electrons. The molecule has 0 spiro atoms. The van der Waals surface area contributed by atoms with E-state index in [1.807, 2.05) is 0 Å². The van der Waals surface area contributed by atoms with Crippen LogP contribution in [0.5, 0.6) is 5.88 Å². The van der Waals surface area contributed by atoms with E-state index in [0.29, 0.717) is 17.3 Å². The number of imidazole rings is 1. The number of methoxy groups -OCH3 is 1. The van der Waals surface area contributed by atoms with E-state index in [0.717, 1.165) is 0 Å². The molecule has 0 unspecified atom stereocenters.